The van der Waals surface area contributed by atoms with Gasteiger partial charge in [0.1, 0.15) is 17.0 Å². The van der Waals surface area contributed by atoms with E-state index < -0.39 is 29.2 Å². The number of para-hydroxylation sites is 1. The van der Waals surface area contributed by atoms with Gasteiger partial charge >= 0.3 is 12.1 Å². The van der Waals surface area contributed by atoms with Gasteiger partial charge in [-0.2, -0.15) is 13.2 Å². The molecule has 0 unspecified atom stereocenters. The maximum absolute atomic E-state index is 14.1. The third kappa shape index (κ3) is 3.20. The molecule has 4 aromatic rings. The van der Waals surface area contributed by atoms with Gasteiger partial charge in [0, 0.05) is 11.6 Å². The van der Waals surface area contributed by atoms with Crippen molar-refractivity contribution in [3.63, 3.8) is 0 Å². The van der Waals surface area contributed by atoms with Crippen LogP contribution >= 0.6 is 0 Å². The Bertz CT molecular complexity index is 1340. The number of rotatable bonds is 4. The second kappa shape index (κ2) is 7.46. The van der Waals surface area contributed by atoms with Crippen LogP contribution in [0.3, 0.4) is 0 Å². The number of ether oxygens (including phenoxy) is 2. The zero-order chi connectivity index (χ0) is 22.3. The molecule has 0 amide bonds. The molecule has 8 heteroatoms. The number of hydrogen-bond acceptors (Lipinski definition) is 4. The lowest BCUT2D eigenvalue weighted by atomic mass is 9.97. The van der Waals surface area contributed by atoms with E-state index in [4.69, 9.17) is 4.74 Å². The third-order valence-corrected chi connectivity index (χ3v) is 5.06. The topological polar surface area (TPSA) is 57.0 Å². The van der Waals surface area contributed by atoms with Crippen LogP contribution in [0.1, 0.15) is 32.0 Å². The lowest BCUT2D eigenvalue weighted by Gasteiger charge is -2.10. The summed E-state index contributed by atoms with van der Waals surface area (Å²) in [6.45, 7) is 0. The molecule has 0 bridgehead atoms. The summed E-state index contributed by atoms with van der Waals surface area (Å²) in [5.74, 6) is -1.85. The van der Waals surface area contributed by atoms with Crippen molar-refractivity contribution >= 4 is 28.0 Å². The van der Waals surface area contributed by atoms with Gasteiger partial charge in [0.25, 0.3) is 0 Å². The Hall–Kier alpha value is -3.81. The number of methoxy groups -OCH3 is 2. The number of aromatic nitrogens is 1. The van der Waals surface area contributed by atoms with Gasteiger partial charge in [-0.15, -0.1) is 0 Å². The molecule has 0 atom stereocenters. The molecule has 0 saturated heterocycles. The van der Waals surface area contributed by atoms with Gasteiger partial charge in [0.2, 0.25) is 0 Å². The molecule has 0 N–H and O–H groups in total. The summed E-state index contributed by atoms with van der Waals surface area (Å²) in [6.07, 6.45) is -3.72. The number of benzene rings is 2. The van der Waals surface area contributed by atoms with Crippen molar-refractivity contribution in [3.8, 4) is 5.75 Å². The Morgan fingerprint density at radius 3 is 2.26 bits per heavy atom. The first-order chi connectivity index (χ1) is 14.8. The zero-order valence-electron chi connectivity index (χ0n) is 16.5. The van der Waals surface area contributed by atoms with E-state index in [0.29, 0.717) is 10.8 Å². The predicted octanol–water partition coefficient (Wildman–Crippen LogP) is 5.14. The fraction of sp³-hybridized carbons (Fsp3) is 0.130. The number of fused-ring (bicyclic) bond motifs is 3. The van der Waals surface area contributed by atoms with E-state index in [2.05, 4.69) is 4.74 Å². The normalized spacial score (nSPS) is 11.6. The molecule has 0 fully saturated rings. The molecule has 2 heterocycles. The van der Waals surface area contributed by atoms with Gasteiger partial charge in [-0.25, -0.2) is 4.79 Å². The first kappa shape index (κ1) is 20.5. The summed E-state index contributed by atoms with van der Waals surface area (Å²) in [6, 6.07) is 14.3. The summed E-state index contributed by atoms with van der Waals surface area (Å²) in [7, 11) is 2.32. The predicted molar refractivity (Wildman–Crippen MR) is 108 cm³/mol. The van der Waals surface area contributed by atoms with Gasteiger partial charge in [-0.1, -0.05) is 36.4 Å². The number of ketones is 1. The van der Waals surface area contributed by atoms with Gasteiger partial charge in [-0.3, -0.25) is 4.79 Å². The van der Waals surface area contributed by atoms with Gasteiger partial charge < -0.3 is 13.9 Å². The monoisotopic (exact) mass is 427 g/mol. The van der Waals surface area contributed by atoms with Crippen LogP contribution in [0.2, 0.25) is 0 Å². The van der Waals surface area contributed by atoms with Gasteiger partial charge in [0.15, 0.2) is 5.78 Å². The highest BCUT2D eigenvalue weighted by atomic mass is 19.4. The molecule has 0 aliphatic rings. The molecule has 2 aromatic heterocycles. The molecule has 0 spiro atoms. The van der Waals surface area contributed by atoms with Crippen molar-refractivity contribution < 1.29 is 32.2 Å². The summed E-state index contributed by atoms with van der Waals surface area (Å²) >= 11 is 0. The lowest BCUT2D eigenvalue weighted by molar-refractivity contribution is -0.142. The van der Waals surface area contributed by atoms with Crippen LogP contribution < -0.4 is 4.74 Å². The van der Waals surface area contributed by atoms with E-state index in [0.717, 1.165) is 11.5 Å². The molecule has 31 heavy (non-hydrogen) atoms. The average Bonchev–Trinajstić information content (AvgIpc) is 3.14. The molecule has 4 rings (SSSR count). The second-order valence-electron chi connectivity index (χ2n) is 6.74. The molecule has 0 aliphatic heterocycles. The number of pyridine rings is 1. The smallest absolute Gasteiger partial charge is 0.432 e. The van der Waals surface area contributed by atoms with E-state index in [-0.39, 0.29) is 22.4 Å². The first-order valence-electron chi connectivity index (χ1n) is 9.18. The molecule has 158 valence electrons. The number of halogens is 3. The number of carbonyl (C=O) groups is 2. The Morgan fingerprint density at radius 1 is 0.903 bits per heavy atom. The summed E-state index contributed by atoms with van der Waals surface area (Å²) in [4.78, 5) is 26.2. The Balaban J connectivity index is 2.23. The largest absolute Gasteiger partial charge is 0.496 e. The molecule has 0 radical (unpaired) electrons. The van der Waals surface area contributed by atoms with Gasteiger partial charge in [-0.05, 0) is 23.6 Å². The van der Waals surface area contributed by atoms with Crippen molar-refractivity contribution in [2.24, 2.45) is 0 Å². The minimum absolute atomic E-state index is 0.0262. The molecule has 0 saturated carbocycles. The zero-order valence-corrected chi connectivity index (χ0v) is 16.5. The summed E-state index contributed by atoms with van der Waals surface area (Å²) < 4.78 is 53.1. The second-order valence-corrected chi connectivity index (χ2v) is 6.74. The minimum Gasteiger partial charge on any atom is -0.496 e. The van der Waals surface area contributed by atoms with Crippen LogP contribution in [0.5, 0.6) is 5.75 Å². The minimum atomic E-state index is -4.92. The van der Waals surface area contributed by atoms with Crippen molar-refractivity contribution in [2.75, 3.05) is 14.2 Å². The van der Waals surface area contributed by atoms with E-state index in [1.165, 1.54) is 31.5 Å². The van der Waals surface area contributed by atoms with Crippen molar-refractivity contribution in [3.05, 3.63) is 83.2 Å². The van der Waals surface area contributed by atoms with E-state index in [9.17, 15) is 22.8 Å². The van der Waals surface area contributed by atoms with E-state index in [1.807, 2.05) is 0 Å². The SMILES string of the molecule is COC(=O)c1c(C(=O)c2ccccc2OC)c2c3ccccc3ccn2c1C(F)(F)F. The molecule has 5 nitrogen and oxygen atoms in total. The number of alkyl halides is 3. The highest BCUT2D eigenvalue weighted by Gasteiger charge is 2.43. The van der Waals surface area contributed by atoms with Crippen LogP contribution in [0.15, 0.2) is 60.8 Å². The summed E-state index contributed by atoms with van der Waals surface area (Å²) in [5, 5.41) is 1.01. The first-order valence-corrected chi connectivity index (χ1v) is 9.18. The van der Waals surface area contributed by atoms with Gasteiger partial charge in [0.05, 0.1) is 30.9 Å². The number of nitrogens with zero attached hydrogens (tertiary/aromatic N) is 1. The number of hydrogen-bond donors (Lipinski definition) is 0. The highest BCUT2D eigenvalue weighted by Crippen LogP contribution is 2.41. The third-order valence-electron chi connectivity index (χ3n) is 5.06. The Labute approximate surface area is 174 Å². The standard InChI is InChI=1S/C23H16F3NO4/c1-30-16-10-6-5-9-15(16)20(28)17-18(22(29)31-2)21(23(24,25)26)27-12-11-13-7-3-4-8-14(13)19(17)27/h3-12H,1-2H3. The van der Waals surface area contributed by atoms with Crippen LogP contribution in [0, 0.1) is 0 Å². The van der Waals surface area contributed by atoms with Crippen LogP contribution in [0.4, 0.5) is 13.2 Å². The van der Waals surface area contributed by atoms with Crippen LogP contribution in [-0.2, 0) is 10.9 Å². The number of esters is 1. The fourth-order valence-electron chi connectivity index (χ4n) is 3.78. The van der Waals surface area contributed by atoms with E-state index >= 15 is 0 Å². The summed E-state index contributed by atoms with van der Waals surface area (Å²) in [5.41, 5.74) is -2.48. The molecular formula is C23H16F3NO4. The van der Waals surface area contributed by atoms with Crippen molar-refractivity contribution in [1.82, 2.24) is 4.40 Å². The van der Waals surface area contributed by atoms with Crippen molar-refractivity contribution in [2.45, 2.75) is 6.18 Å². The van der Waals surface area contributed by atoms with E-state index in [1.54, 1.807) is 36.4 Å². The number of carbonyl (C=O) groups excluding carboxylic acids is 2. The average molecular weight is 427 g/mol. The lowest BCUT2D eigenvalue weighted by Crippen LogP contribution is -2.17. The maximum atomic E-state index is 14.1. The highest BCUT2D eigenvalue weighted by molar-refractivity contribution is 6.23. The maximum Gasteiger partial charge on any atom is 0.432 e. The van der Waals surface area contributed by atoms with Crippen LogP contribution in [-0.4, -0.2) is 30.4 Å². The molecule has 0 aliphatic carbocycles. The fourth-order valence-corrected chi connectivity index (χ4v) is 3.78. The Kier molecular flexibility index (Phi) is 4.93. The quantitative estimate of drug-likeness (QED) is 0.334. The molecule has 2 aromatic carbocycles. The van der Waals surface area contributed by atoms with Crippen molar-refractivity contribution in [1.29, 1.82) is 0 Å². The molecular weight excluding hydrogens is 411 g/mol. The van der Waals surface area contributed by atoms with Crippen LogP contribution in [0.25, 0.3) is 16.3 Å². The Morgan fingerprint density at radius 2 is 1.58 bits per heavy atom.